The number of allylic oxidation sites excluding steroid dienone is 1. The number of nitrogens with zero attached hydrogens (tertiary/aromatic N) is 1. The highest BCUT2D eigenvalue weighted by atomic mass is 16.8. The first-order chi connectivity index (χ1) is 34.8. The first kappa shape index (κ1) is 52.0. The topological polar surface area (TPSA) is 153 Å². The summed E-state index contributed by atoms with van der Waals surface area (Å²) in [5.74, 6) is -2.27. The zero-order chi connectivity index (χ0) is 51.7. The van der Waals surface area contributed by atoms with E-state index >= 15 is 4.79 Å². The Bertz CT molecular complexity index is 2640. The van der Waals surface area contributed by atoms with Crippen molar-refractivity contribution < 1.29 is 48.0 Å². The van der Waals surface area contributed by atoms with Gasteiger partial charge in [0.1, 0.15) is 30.0 Å². The van der Waals surface area contributed by atoms with Crippen LogP contribution in [-0.4, -0.2) is 95.1 Å². The first-order valence-corrected chi connectivity index (χ1v) is 26.2. The highest BCUT2D eigenvalue weighted by Crippen LogP contribution is 2.60. The lowest BCUT2D eigenvalue weighted by atomic mass is 9.52. The molecule has 4 aromatic rings. The standard InChI is InChI=1S/C61H72N2O10/c1-58(2,3)72-53(65)30-28-46(38-64)62-55(66)49(34-39-17-11-8-12-18-39)63(7)56(67)43-35-50(54-51(36-43)70-61(73-54,44-19-13-9-14-20-44)45-21-15-10-16-22-45)69-57(68)41-25-23-40(24-26-41)33-42-27-29-52-60(6,71-52)32-31-48-47(42)37-59(48,4)5/h8-26,33,36,46-52,54,64H,27-32,34-35,37-38H2,1-7H3,(H,62,66)/t46-,47+,48+,49+,50+,51+,52?,54-,60+/m0/s1. The van der Waals surface area contributed by atoms with Crippen LogP contribution >= 0.6 is 0 Å². The minimum Gasteiger partial charge on any atom is -0.460 e. The number of rotatable bonds is 15. The molecule has 4 aromatic carbocycles. The van der Waals surface area contributed by atoms with Gasteiger partial charge in [-0.25, -0.2) is 4.79 Å². The SMILES string of the molecule is CN(C(=O)C1=C[C@H]2OC(c3ccccc3)(c3ccccc3)O[C@H]2[C@H](OC(=O)c2ccc(C=C3CCC4O[C@]4(C)CC[C@@H]4[C@@H]3CC4(C)C)cc2)C1)[C@H](Cc1ccccc1)C(=O)N[C@H](CO)CCC(=O)OC(C)(C)C. The average Bonchev–Trinajstić information content (AvgIpc) is 3.83. The number of amides is 2. The van der Waals surface area contributed by atoms with Crippen LogP contribution in [0.15, 0.2) is 132 Å². The third-order valence-electron chi connectivity index (χ3n) is 15.9. The summed E-state index contributed by atoms with van der Waals surface area (Å²) in [6, 6.07) is 34.2. The van der Waals surface area contributed by atoms with Gasteiger partial charge in [0, 0.05) is 43.0 Å². The molecule has 386 valence electrons. The van der Waals surface area contributed by atoms with E-state index in [0.29, 0.717) is 28.9 Å². The summed E-state index contributed by atoms with van der Waals surface area (Å²) in [5.41, 5.74) is 4.99. The summed E-state index contributed by atoms with van der Waals surface area (Å²) in [4.78, 5) is 57.8. The van der Waals surface area contributed by atoms with E-state index in [1.54, 1.807) is 46.0 Å². The zero-order valence-corrected chi connectivity index (χ0v) is 43.4. The van der Waals surface area contributed by atoms with Crippen LogP contribution in [0.3, 0.4) is 0 Å². The number of epoxide rings is 1. The third kappa shape index (κ3) is 11.6. The Kier molecular flexibility index (Phi) is 15.0. The van der Waals surface area contributed by atoms with Crippen LogP contribution in [0.1, 0.15) is 126 Å². The van der Waals surface area contributed by atoms with Crippen LogP contribution in [0.25, 0.3) is 6.08 Å². The van der Waals surface area contributed by atoms with Gasteiger partial charge < -0.3 is 39.0 Å². The summed E-state index contributed by atoms with van der Waals surface area (Å²) in [6.45, 7) is 11.9. The maximum Gasteiger partial charge on any atom is 0.338 e. The van der Waals surface area contributed by atoms with Gasteiger partial charge in [0.2, 0.25) is 17.6 Å². The summed E-state index contributed by atoms with van der Waals surface area (Å²) in [7, 11) is 1.57. The molecule has 2 aliphatic heterocycles. The van der Waals surface area contributed by atoms with Gasteiger partial charge >= 0.3 is 11.9 Å². The molecule has 12 nitrogen and oxygen atoms in total. The molecule has 0 bridgehead atoms. The number of fused-ring (bicyclic) bond motifs is 3. The van der Waals surface area contributed by atoms with Crippen LogP contribution in [0.5, 0.6) is 0 Å². The molecular formula is C61H72N2O10. The Balaban J connectivity index is 0.985. The number of benzene rings is 4. The lowest BCUT2D eigenvalue weighted by Gasteiger charge is -2.53. The van der Waals surface area contributed by atoms with Crippen LogP contribution in [0, 0.1) is 17.3 Å². The van der Waals surface area contributed by atoms with Gasteiger partial charge in [0.25, 0.3) is 0 Å². The number of ether oxygens (including phenoxy) is 5. The van der Waals surface area contributed by atoms with Gasteiger partial charge in [-0.2, -0.15) is 0 Å². The number of carbonyl (C=O) groups excluding carboxylic acids is 4. The van der Waals surface area contributed by atoms with Crippen molar-refractivity contribution in [2.24, 2.45) is 17.3 Å². The Morgan fingerprint density at radius 2 is 1.49 bits per heavy atom. The Morgan fingerprint density at radius 3 is 2.11 bits per heavy atom. The van der Waals surface area contributed by atoms with Crippen LogP contribution in [0.4, 0.5) is 0 Å². The summed E-state index contributed by atoms with van der Waals surface area (Å²) in [6.07, 6.45) is 7.36. The van der Waals surface area contributed by atoms with E-state index in [-0.39, 0.29) is 36.9 Å². The predicted molar refractivity (Wildman–Crippen MR) is 278 cm³/mol. The van der Waals surface area contributed by atoms with Gasteiger partial charge in [0.15, 0.2) is 0 Å². The zero-order valence-electron chi connectivity index (χ0n) is 43.4. The fraction of sp³-hybridized carbons (Fsp3) is 0.475. The molecule has 2 saturated heterocycles. The van der Waals surface area contributed by atoms with Crippen molar-refractivity contribution in [1.82, 2.24) is 10.2 Å². The maximum absolute atomic E-state index is 15.0. The second-order valence-electron chi connectivity index (χ2n) is 22.7. The molecule has 9 rings (SSSR count). The number of esters is 2. The highest BCUT2D eigenvalue weighted by Gasteiger charge is 2.57. The van der Waals surface area contributed by atoms with E-state index in [1.165, 1.54) is 16.9 Å². The lowest BCUT2D eigenvalue weighted by molar-refractivity contribution is -0.157. The lowest BCUT2D eigenvalue weighted by Crippen LogP contribution is -2.53. The van der Waals surface area contributed by atoms with Gasteiger partial charge in [-0.15, -0.1) is 0 Å². The van der Waals surface area contributed by atoms with Gasteiger partial charge in [-0.3, -0.25) is 14.4 Å². The van der Waals surface area contributed by atoms with Crippen LogP contribution < -0.4 is 5.32 Å². The third-order valence-corrected chi connectivity index (χ3v) is 15.9. The quantitative estimate of drug-likeness (QED) is 0.0870. The van der Waals surface area contributed by atoms with Crippen molar-refractivity contribution in [2.75, 3.05) is 13.7 Å². The van der Waals surface area contributed by atoms with Crippen molar-refractivity contribution in [1.29, 1.82) is 0 Å². The smallest absolute Gasteiger partial charge is 0.338 e. The monoisotopic (exact) mass is 993 g/mol. The number of aliphatic hydroxyl groups is 1. The number of nitrogens with one attached hydrogen (secondary N) is 1. The fourth-order valence-electron chi connectivity index (χ4n) is 11.7. The Morgan fingerprint density at radius 1 is 0.849 bits per heavy atom. The fourth-order valence-corrected chi connectivity index (χ4v) is 11.7. The van der Waals surface area contributed by atoms with Crippen molar-refractivity contribution >= 4 is 29.8 Å². The van der Waals surface area contributed by atoms with E-state index in [2.05, 4.69) is 32.2 Å². The second-order valence-corrected chi connectivity index (χ2v) is 22.7. The van der Waals surface area contributed by atoms with Gasteiger partial charge in [-0.1, -0.05) is 129 Å². The average molecular weight is 993 g/mol. The van der Waals surface area contributed by atoms with Crippen LogP contribution in [-0.2, 0) is 50.3 Å². The molecule has 5 aliphatic rings. The van der Waals surface area contributed by atoms with E-state index < -0.39 is 72.1 Å². The maximum atomic E-state index is 15.0. The molecule has 0 radical (unpaired) electrons. The summed E-state index contributed by atoms with van der Waals surface area (Å²) >= 11 is 0. The van der Waals surface area contributed by atoms with Gasteiger partial charge in [-0.05, 0) is 113 Å². The number of likely N-dealkylation sites (N-methyl/N-ethyl adjacent to an activating group) is 1. The molecular weight excluding hydrogens is 921 g/mol. The Hall–Kier alpha value is -5.92. The molecule has 12 heteroatoms. The minimum absolute atomic E-state index is 0.00459. The van der Waals surface area contributed by atoms with Crippen molar-refractivity contribution in [3.63, 3.8) is 0 Å². The molecule has 2 amide bonds. The minimum atomic E-state index is -1.41. The molecule has 1 unspecified atom stereocenters. The van der Waals surface area contributed by atoms with Crippen molar-refractivity contribution in [3.8, 4) is 0 Å². The van der Waals surface area contributed by atoms with E-state index in [4.69, 9.17) is 23.7 Å². The van der Waals surface area contributed by atoms with Crippen molar-refractivity contribution in [2.45, 2.75) is 153 Å². The van der Waals surface area contributed by atoms with E-state index in [0.717, 1.165) is 47.9 Å². The number of hydrogen-bond acceptors (Lipinski definition) is 10. The summed E-state index contributed by atoms with van der Waals surface area (Å²) in [5, 5.41) is 13.2. The van der Waals surface area contributed by atoms with Crippen LogP contribution in [0.2, 0.25) is 0 Å². The van der Waals surface area contributed by atoms with E-state index in [1.807, 2.05) is 103 Å². The first-order valence-electron chi connectivity index (χ1n) is 26.2. The largest absolute Gasteiger partial charge is 0.460 e. The molecule has 73 heavy (non-hydrogen) atoms. The van der Waals surface area contributed by atoms with Crippen molar-refractivity contribution in [3.05, 3.63) is 160 Å². The summed E-state index contributed by atoms with van der Waals surface area (Å²) < 4.78 is 32.1. The predicted octanol–water partition coefficient (Wildman–Crippen LogP) is 9.67. The molecule has 2 N–H and O–H groups in total. The highest BCUT2D eigenvalue weighted by molar-refractivity contribution is 5.97. The molecule has 4 fully saturated rings. The second kappa shape index (κ2) is 21.1. The normalized spacial score (nSPS) is 27.1. The molecule has 0 spiro atoms. The number of aliphatic hydroxyl groups excluding tert-OH is 1. The van der Waals surface area contributed by atoms with Gasteiger partial charge in [0.05, 0.1) is 29.9 Å². The molecule has 2 saturated carbocycles. The molecule has 0 aromatic heterocycles. The number of hydrogen-bond donors (Lipinski definition) is 2. The molecule has 3 aliphatic carbocycles. The Labute approximate surface area is 430 Å². The van der Waals surface area contributed by atoms with E-state index in [9.17, 15) is 19.5 Å². The molecule has 2 heterocycles. The number of carbonyl (C=O) groups is 4. The molecule has 9 atom stereocenters.